The molecule has 4 rings (SSSR count). The number of ether oxygens (including phenoxy) is 1. The van der Waals surface area contributed by atoms with E-state index < -0.39 is 40.0 Å². The SMILES string of the molecule is Cc1cc(C)c(S(=O)(=O)n2cnc([C@@H](C)[C@H](N=[N+]=[N-])C(=O)N3C(=O)OC[C@@H]3c3ccccc3)c2)c(C)c1. The molecule has 0 unspecified atom stereocenters. The fourth-order valence-electron chi connectivity index (χ4n) is 4.67. The lowest BCUT2D eigenvalue weighted by atomic mass is 9.97. The Bertz CT molecular complexity index is 1490. The molecule has 1 saturated heterocycles. The van der Waals surface area contributed by atoms with Crippen LogP contribution in [-0.2, 0) is 19.6 Å². The Morgan fingerprint density at radius 1 is 1.19 bits per heavy atom. The fraction of sp³-hybridized carbons (Fsp3) is 0.320. The molecular formula is C25H26N6O5S. The Morgan fingerprint density at radius 2 is 1.84 bits per heavy atom. The summed E-state index contributed by atoms with van der Waals surface area (Å²) in [6.45, 7) is 6.88. The molecule has 192 valence electrons. The summed E-state index contributed by atoms with van der Waals surface area (Å²) >= 11 is 0. The van der Waals surface area contributed by atoms with Crippen LogP contribution in [0, 0.1) is 20.8 Å². The van der Waals surface area contributed by atoms with Crippen molar-refractivity contribution in [2.24, 2.45) is 5.11 Å². The predicted molar refractivity (Wildman–Crippen MR) is 134 cm³/mol. The number of hydrogen-bond donors (Lipinski definition) is 0. The van der Waals surface area contributed by atoms with E-state index in [0.717, 1.165) is 20.8 Å². The number of amides is 2. The number of aryl methyl sites for hydroxylation is 3. The van der Waals surface area contributed by atoms with Gasteiger partial charge in [0.05, 0.1) is 10.6 Å². The molecule has 0 aliphatic carbocycles. The Hall–Kier alpha value is -4.15. The second-order valence-electron chi connectivity index (χ2n) is 9.01. The van der Waals surface area contributed by atoms with Crippen LogP contribution in [0.15, 0.2) is 65.0 Å². The topological polar surface area (TPSA) is 147 Å². The summed E-state index contributed by atoms with van der Waals surface area (Å²) in [5, 5.41) is 3.66. The molecule has 0 saturated carbocycles. The molecule has 37 heavy (non-hydrogen) atoms. The van der Waals surface area contributed by atoms with Crippen LogP contribution < -0.4 is 0 Å². The number of hydrogen-bond acceptors (Lipinski definition) is 7. The zero-order valence-corrected chi connectivity index (χ0v) is 21.6. The quantitative estimate of drug-likeness (QED) is 0.253. The number of rotatable bonds is 7. The molecule has 0 spiro atoms. The van der Waals surface area contributed by atoms with Crippen molar-refractivity contribution in [3.63, 3.8) is 0 Å². The average molecular weight is 523 g/mol. The van der Waals surface area contributed by atoms with Crippen molar-refractivity contribution in [2.75, 3.05) is 6.61 Å². The third kappa shape index (κ3) is 4.81. The molecule has 0 bridgehead atoms. The monoisotopic (exact) mass is 522 g/mol. The lowest BCUT2D eigenvalue weighted by Gasteiger charge is -2.25. The van der Waals surface area contributed by atoms with E-state index in [-0.39, 0.29) is 17.2 Å². The van der Waals surface area contributed by atoms with Crippen molar-refractivity contribution in [2.45, 2.75) is 50.6 Å². The Balaban J connectivity index is 1.66. The third-order valence-electron chi connectivity index (χ3n) is 6.38. The van der Waals surface area contributed by atoms with Crippen LogP contribution in [0.3, 0.4) is 0 Å². The number of cyclic esters (lactones) is 1. The van der Waals surface area contributed by atoms with E-state index in [0.29, 0.717) is 16.7 Å². The van der Waals surface area contributed by atoms with E-state index in [2.05, 4.69) is 15.0 Å². The van der Waals surface area contributed by atoms with Crippen molar-refractivity contribution in [1.82, 2.24) is 13.9 Å². The lowest BCUT2D eigenvalue weighted by molar-refractivity contribution is -0.131. The second kappa shape index (κ2) is 10.1. The molecule has 1 fully saturated rings. The molecule has 2 heterocycles. The fourth-order valence-corrected chi connectivity index (χ4v) is 6.24. The molecule has 1 aliphatic heterocycles. The van der Waals surface area contributed by atoms with Crippen LogP contribution >= 0.6 is 0 Å². The number of imide groups is 1. The van der Waals surface area contributed by atoms with Gasteiger partial charge in [0.15, 0.2) is 0 Å². The van der Waals surface area contributed by atoms with Gasteiger partial charge in [-0.05, 0) is 43.0 Å². The minimum absolute atomic E-state index is 0.0337. The Morgan fingerprint density at radius 3 is 2.46 bits per heavy atom. The highest BCUT2D eigenvalue weighted by Crippen LogP contribution is 2.32. The van der Waals surface area contributed by atoms with Crippen molar-refractivity contribution in [1.29, 1.82) is 0 Å². The maximum absolute atomic E-state index is 13.5. The minimum Gasteiger partial charge on any atom is -0.446 e. The molecule has 11 nitrogen and oxygen atoms in total. The molecule has 1 aliphatic rings. The molecule has 1 aromatic heterocycles. The zero-order chi connectivity index (χ0) is 26.9. The highest BCUT2D eigenvalue weighted by Gasteiger charge is 2.43. The van der Waals surface area contributed by atoms with Gasteiger partial charge in [0.2, 0.25) is 5.91 Å². The third-order valence-corrected chi connectivity index (χ3v) is 8.30. The number of benzene rings is 2. The number of imidazole rings is 1. The van der Waals surface area contributed by atoms with Gasteiger partial charge >= 0.3 is 6.09 Å². The van der Waals surface area contributed by atoms with E-state index in [9.17, 15) is 23.5 Å². The van der Waals surface area contributed by atoms with Gasteiger partial charge < -0.3 is 4.74 Å². The maximum Gasteiger partial charge on any atom is 0.417 e. The summed E-state index contributed by atoms with van der Waals surface area (Å²) in [7, 11) is -3.98. The molecule has 0 radical (unpaired) electrons. The highest BCUT2D eigenvalue weighted by atomic mass is 32.2. The smallest absolute Gasteiger partial charge is 0.417 e. The van der Waals surface area contributed by atoms with Crippen molar-refractivity contribution < 1.29 is 22.7 Å². The molecule has 3 aromatic rings. The highest BCUT2D eigenvalue weighted by molar-refractivity contribution is 7.90. The molecular weight excluding hydrogens is 496 g/mol. The maximum atomic E-state index is 13.5. The second-order valence-corrected chi connectivity index (χ2v) is 10.8. The zero-order valence-electron chi connectivity index (χ0n) is 20.8. The molecule has 2 amide bonds. The average Bonchev–Trinajstić information content (AvgIpc) is 3.49. The first kappa shape index (κ1) is 25.9. The summed E-state index contributed by atoms with van der Waals surface area (Å²) < 4.78 is 32.9. The van der Waals surface area contributed by atoms with Gasteiger partial charge in [-0.25, -0.2) is 27.1 Å². The largest absolute Gasteiger partial charge is 0.446 e. The van der Waals surface area contributed by atoms with E-state index in [1.807, 2.05) is 13.0 Å². The summed E-state index contributed by atoms with van der Waals surface area (Å²) in [4.78, 5) is 34.1. The number of aromatic nitrogens is 2. The van der Waals surface area contributed by atoms with Crippen LogP contribution in [0.2, 0.25) is 0 Å². The Labute approximate surface area is 214 Å². The molecule has 12 heteroatoms. The predicted octanol–water partition coefficient (Wildman–Crippen LogP) is 4.55. The molecule has 3 atom stereocenters. The van der Waals surface area contributed by atoms with E-state index in [1.54, 1.807) is 57.2 Å². The first-order valence-electron chi connectivity index (χ1n) is 11.5. The number of azide groups is 1. The standard InChI is InChI=1S/C25H26N6O5S/c1-15-10-16(2)23(17(3)11-15)37(34,35)30-12-20(27-14-30)18(4)22(28-29-26)24(32)31-21(13-36-25(31)33)19-8-6-5-7-9-19/h5-12,14,18,21-22H,13H2,1-4H3/t18-,21-,22+/m1/s1. The lowest BCUT2D eigenvalue weighted by Crippen LogP contribution is -2.42. The van der Waals surface area contributed by atoms with Gasteiger partial charge in [0.1, 0.15) is 25.0 Å². The summed E-state index contributed by atoms with van der Waals surface area (Å²) in [5.41, 5.74) is 12.2. The van der Waals surface area contributed by atoms with E-state index >= 15 is 0 Å². The van der Waals surface area contributed by atoms with E-state index in [1.165, 1.54) is 6.20 Å². The first-order chi connectivity index (χ1) is 17.6. The Kier molecular flexibility index (Phi) is 7.06. The van der Waals surface area contributed by atoms with Gasteiger partial charge in [-0.2, -0.15) is 0 Å². The normalized spacial score (nSPS) is 17.1. The number of carbonyl (C=O) groups excluding carboxylic acids is 2. The van der Waals surface area contributed by atoms with E-state index in [4.69, 9.17) is 4.74 Å². The molecule has 0 N–H and O–H groups in total. The summed E-state index contributed by atoms with van der Waals surface area (Å²) in [6.07, 6.45) is 1.60. The van der Waals surface area contributed by atoms with Gasteiger partial charge in [0.25, 0.3) is 10.0 Å². The molecule has 2 aromatic carbocycles. The number of nitrogens with zero attached hydrogens (tertiary/aromatic N) is 6. The van der Waals surface area contributed by atoms with Gasteiger partial charge in [0, 0.05) is 17.0 Å². The summed E-state index contributed by atoms with van der Waals surface area (Å²) in [5.74, 6) is -1.60. The van der Waals surface area contributed by atoms with Crippen LogP contribution in [0.25, 0.3) is 10.4 Å². The minimum atomic E-state index is -3.98. The van der Waals surface area contributed by atoms with Gasteiger partial charge in [-0.3, -0.25) is 4.79 Å². The van der Waals surface area contributed by atoms with Crippen LogP contribution in [0.5, 0.6) is 0 Å². The van der Waals surface area contributed by atoms with Gasteiger partial charge in [-0.1, -0.05) is 60.1 Å². The van der Waals surface area contributed by atoms with Crippen LogP contribution in [0.1, 0.15) is 46.8 Å². The number of carbonyl (C=O) groups is 2. The van der Waals surface area contributed by atoms with Crippen molar-refractivity contribution >= 4 is 22.0 Å². The van der Waals surface area contributed by atoms with Crippen LogP contribution in [0.4, 0.5) is 4.79 Å². The van der Waals surface area contributed by atoms with Gasteiger partial charge in [-0.15, -0.1) is 0 Å². The van der Waals surface area contributed by atoms with Crippen molar-refractivity contribution in [3.05, 3.63) is 93.4 Å². The first-order valence-corrected chi connectivity index (χ1v) is 13.0. The summed E-state index contributed by atoms with van der Waals surface area (Å²) in [6, 6.07) is 10.4. The van der Waals surface area contributed by atoms with Crippen LogP contribution in [-0.4, -0.2) is 46.9 Å². The van der Waals surface area contributed by atoms with Crippen molar-refractivity contribution in [3.8, 4) is 0 Å².